The van der Waals surface area contributed by atoms with Gasteiger partial charge in [-0.1, -0.05) is 25.5 Å². The van der Waals surface area contributed by atoms with Gasteiger partial charge in [0.2, 0.25) is 0 Å². The Kier molecular flexibility index (Phi) is 4.53. The van der Waals surface area contributed by atoms with Crippen LogP contribution in [0, 0.1) is 0 Å². The number of hydrogen-bond acceptors (Lipinski definition) is 5. The van der Waals surface area contributed by atoms with Crippen molar-refractivity contribution >= 4 is 0 Å². The molecule has 1 aliphatic heterocycles. The Bertz CT molecular complexity index is 741. The summed E-state index contributed by atoms with van der Waals surface area (Å²) in [5, 5.41) is 29.9. The van der Waals surface area contributed by atoms with Gasteiger partial charge >= 0.3 is 0 Å². The van der Waals surface area contributed by atoms with Gasteiger partial charge in [-0.3, -0.25) is 0 Å². The minimum atomic E-state index is -0.442. The number of phenols is 2. The summed E-state index contributed by atoms with van der Waals surface area (Å²) in [7, 11) is 1.48. The number of benzene rings is 2. The van der Waals surface area contributed by atoms with E-state index in [9.17, 15) is 15.3 Å². The summed E-state index contributed by atoms with van der Waals surface area (Å²) in [6.45, 7) is 1.98. The number of aryl methyl sites for hydroxylation is 1. The van der Waals surface area contributed by atoms with Crippen molar-refractivity contribution in [3.8, 4) is 23.0 Å². The van der Waals surface area contributed by atoms with E-state index in [1.165, 1.54) is 13.2 Å². The lowest BCUT2D eigenvalue weighted by molar-refractivity contribution is 0.157. The molecule has 0 radical (unpaired) electrons. The Hall–Kier alpha value is -2.40. The van der Waals surface area contributed by atoms with Crippen LogP contribution in [0.3, 0.4) is 0 Å². The molecule has 3 rings (SSSR count). The highest BCUT2D eigenvalue weighted by Crippen LogP contribution is 2.51. The molecule has 128 valence electrons. The van der Waals surface area contributed by atoms with Gasteiger partial charge in [0.15, 0.2) is 23.0 Å². The van der Waals surface area contributed by atoms with E-state index in [1.54, 1.807) is 18.2 Å². The molecule has 0 aliphatic carbocycles. The maximum Gasteiger partial charge on any atom is 0.165 e. The van der Waals surface area contributed by atoms with Gasteiger partial charge in [0.1, 0.15) is 6.10 Å². The standard InChI is InChI=1S/C19H22O5/c1-3-4-11-7-13-14(10-20)18(24-19(13)16(22)8-11)12-5-6-15(21)17(9-12)23-2/h5-9,14,18,20-22H,3-4,10H2,1-2H3. The van der Waals surface area contributed by atoms with Crippen LogP contribution in [0.15, 0.2) is 30.3 Å². The second-order valence-electron chi connectivity index (χ2n) is 6.04. The molecule has 1 aliphatic rings. The molecule has 0 bridgehead atoms. The molecule has 3 N–H and O–H groups in total. The van der Waals surface area contributed by atoms with Crippen molar-refractivity contribution in [1.82, 2.24) is 0 Å². The minimum Gasteiger partial charge on any atom is -0.504 e. The normalized spacial score (nSPS) is 19.0. The predicted molar refractivity (Wildman–Crippen MR) is 90.0 cm³/mol. The zero-order chi connectivity index (χ0) is 17.3. The van der Waals surface area contributed by atoms with Crippen molar-refractivity contribution < 1.29 is 24.8 Å². The quantitative estimate of drug-likeness (QED) is 0.784. The van der Waals surface area contributed by atoms with Gasteiger partial charge in [-0.15, -0.1) is 0 Å². The van der Waals surface area contributed by atoms with E-state index < -0.39 is 6.10 Å². The van der Waals surface area contributed by atoms with E-state index >= 15 is 0 Å². The smallest absolute Gasteiger partial charge is 0.165 e. The van der Waals surface area contributed by atoms with Crippen LogP contribution in [0.5, 0.6) is 23.0 Å². The van der Waals surface area contributed by atoms with Crippen molar-refractivity contribution in [3.63, 3.8) is 0 Å². The Balaban J connectivity index is 2.01. The van der Waals surface area contributed by atoms with Crippen LogP contribution in [0.2, 0.25) is 0 Å². The van der Waals surface area contributed by atoms with Crippen LogP contribution in [-0.4, -0.2) is 29.0 Å². The molecule has 0 aromatic heterocycles. The molecule has 2 atom stereocenters. The molecule has 24 heavy (non-hydrogen) atoms. The van der Waals surface area contributed by atoms with Crippen LogP contribution >= 0.6 is 0 Å². The fourth-order valence-corrected chi connectivity index (χ4v) is 3.27. The average molecular weight is 330 g/mol. The highest BCUT2D eigenvalue weighted by Gasteiger charge is 2.37. The van der Waals surface area contributed by atoms with E-state index in [4.69, 9.17) is 9.47 Å². The highest BCUT2D eigenvalue weighted by atomic mass is 16.5. The van der Waals surface area contributed by atoms with Crippen LogP contribution in [-0.2, 0) is 6.42 Å². The molecule has 5 heteroatoms. The number of fused-ring (bicyclic) bond motifs is 1. The zero-order valence-corrected chi connectivity index (χ0v) is 13.8. The molecule has 0 saturated carbocycles. The molecule has 1 heterocycles. The lowest BCUT2D eigenvalue weighted by Gasteiger charge is -2.18. The minimum absolute atomic E-state index is 0.0467. The Labute approximate surface area is 141 Å². The van der Waals surface area contributed by atoms with Gasteiger partial charge in [0.05, 0.1) is 19.6 Å². The second-order valence-corrected chi connectivity index (χ2v) is 6.04. The van der Waals surface area contributed by atoms with Crippen molar-refractivity contribution in [2.24, 2.45) is 0 Å². The van der Waals surface area contributed by atoms with Gasteiger partial charge in [-0.25, -0.2) is 0 Å². The van der Waals surface area contributed by atoms with Gasteiger partial charge < -0.3 is 24.8 Å². The van der Waals surface area contributed by atoms with E-state index in [2.05, 4.69) is 6.92 Å². The second kappa shape index (κ2) is 6.61. The monoisotopic (exact) mass is 330 g/mol. The first kappa shape index (κ1) is 16.5. The van der Waals surface area contributed by atoms with Crippen molar-refractivity contribution in [3.05, 3.63) is 47.0 Å². The molecular formula is C19H22O5. The lowest BCUT2D eigenvalue weighted by atomic mass is 9.90. The molecule has 2 unspecified atom stereocenters. The number of rotatable bonds is 5. The predicted octanol–water partition coefficient (Wildman–Crippen LogP) is 3.27. The van der Waals surface area contributed by atoms with E-state index in [-0.39, 0.29) is 24.0 Å². The van der Waals surface area contributed by atoms with Crippen LogP contribution in [0.25, 0.3) is 0 Å². The topological polar surface area (TPSA) is 79.2 Å². The largest absolute Gasteiger partial charge is 0.504 e. The van der Waals surface area contributed by atoms with E-state index in [0.29, 0.717) is 11.5 Å². The van der Waals surface area contributed by atoms with Gasteiger partial charge in [-0.2, -0.15) is 0 Å². The molecule has 2 aromatic carbocycles. The third-order valence-electron chi connectivity index (χ3n) is 4.44. The van der Waals surface area contributed by atoms with Crippen molar-refractivity contribution in [2.45, 2.75) is 31.8 Å². The molecule has 0 saturated heterocycles. The van der Waals surface area contributed by atoms with Crippen LogP contribution in [0.1, 0.15) is 42.1 Å². The summed E-state index contributed by atoms with van der Waals surface area (Å²) in [4.78, 5) is 0. The molecule has 2 aromatic rings. The number of hydrogen-bond donors (Lipinski definition) is 3. The molecule has 5 nitrogen and oxygen atoms in total. The molecular weight excluding hydrogens is 308 g/mol. The molecule has 0 fully saturated rings. The zero-order valence-electron chi connectivity index (χ0n) is 13.8. The number of aliphatic hydroxyl groups excluding tert-OH is 1. The first-order chi connectivity index (χ1) is 11.6. The summed E-state index contributed by atoms with van der Waals surface area (Å²) in [6, 6.07) is 8.69. The van der Waals surface area contributed by atoms with Crippen LogP contribution in [0.4, 0.5) is 0 Å². The summed E-state index contributed by atoms with van der Waals surface area (Å²) < 4.78 is 11.1. The Morgan fingerprint density at radius 2 is 1.92 bits per heavy atom. The molecule has 0 spiro atoms. The number of methoxy groups -OCH3 is 1. The maximum absolute atomic E-state index is 10.3. The highest BCUT2D eigenvalue weighted by molar-refractivity contribution is 5.55. The summed E-state index contributed by atoms with van der Waals surface area (Å²) >= 11 is 0. The van der Waals surface area contributed by atoms with Gasteiger partial charge in [0, 0.05) is 5.56 Å². The SMILES string of the molecule is CCCc1cc(O)c2c(c1)C(CO)C(c1ccc(O)c(OC)c1)O2. The van der Waals surface area contributed by atoms with Crippen molar-refractivity contribution in [2.75, 3.05) is 13.7 Å². The Morgan fingerprint density at radius 3 is 2.58 bits per heavy atom. The third kappa shape index (κ3) is 2.76. The van der Waals surface area contributed by atoms with Crippen molar-refractivity contribution in [1.29, 1.82) is 0 Å². The average Bonchev–Trinajstić information content (AvgIpc) is 2.94. The van der Waals surface area contributed by atoms with E-state index in [1.807, 2.05) is 6.07 Å². The number of aliphatic hydroxyl groups is 1. The fourth-order valence-electron chi connectivity index (χ4n) is 3.27. The van der Waals surface area contributed by atoms with Gasteiger partial charge in [-0.05, 0) is 35.7 Å². The number of ether oxygens (including phenoxy) is 2. The van der Waals surface area contributed by atoms with E-state index in [0.717, 1.165) is 29.5 Å². The fraction of sp³-hybridized carbons (Fsp3) is 0.368. The summed E-state index contributed by atoms with van der Waals surface area (Å²) in [5.41, 5.74) is 2.62. The van der Waals surface area contributed by atoms with Crippen LogP contribution < -0.4 is 9.47 Å². The summed E-state index contributed by atoms with van der Waals surface area (Å²) in [5.74, 6) is 0.635. The first-order valence-corrected chi connectivity index (χ1v) is 8.09. The maximum atomic E-state index is 10.3. The lowest BCUT2D eigenvalue weighted by Crippen LogP contribution is -2.13. The summed E-state index contributed by atoms with van der Waals surface area (Å²) in [6.07, 6.45) is 1.39. The van der Waals surface area contributed by atoms with Gasteiger partial charge in [0.25, 0.3) is 0 Å². The molecule has 0 amide bonds. The number of phenolic OH excluding ortho intramolecular Hbond substituents is 2. The first-order valence-electron chi connectivity index (χ1n) is 8.09. The number of aromatic hydroxyl groups is 2. The Morgan fingerprint density at radius 1 is 1.12 bits per heavy atom. The third-order valence-corrected chi connectivity index (χ3v) is 4.44.